The first-order valence-electron chi connectivity index (χ1n) is 24.0. The molecule has 8 rings (SSSR count). The zero-order valence-corrected chi connectivity index (χ0v) is 38.6. The van der Waals surface area contributed by atoms with E-state index >= 15 is 0 Å². The lowest BCUT2D eigenvalue weighted by Gasteiger charge is -2.59. The summed E-state index contributed by atoms with van der Waals surface area (Å²) in [6.07, 6.45) is -16.1. The van der Waals surface area contributed by atoms with Gasteiger partial charge in [0.2, 0.25) is 0 Å². The van der Waals surface area contributed by atoms with Gasteiger partial charge in [0, 0.05) is 19.4 Å². The molecule has 8 aliphatic rings. The third-order valence-electron chi connectivity index (χ3n) is 17.8. The third-order valence-corrected chi connectivity index (χ3v) is 17.8. The van der Waals surface area contributed by atoms with Crippen molar-refractivity contribution >= 4 is 0 Å². The number of allylic oxidation sites excluding steroid dienone is 1. The second-order valence-corrected chi connectivity index (χ2v) is 21.4. The number of hydrogen-bond donors (Lipinski definition) is 12. The highest BCUT2D eigenvalue weighted by Crippen LogP contribution is 2.70. The Bertz CT molecular complexity index is 1670. The largest absolute Gasteiger partial charge is 0.394 e. The maximum Gasteiger partial charge on any atom is 0.187 e. The van der Waals surface area contributed by atoms with Crippen LogP contribution in [0.25, 0.3) is 0 Å². The van der Waals surface area contributed by atoms with Gasteiger partial charge in [-0.3, -0.25) is 0 Å². The molecule has 12 N–H and O–H groups in total. The van der Waals surface area contributed by atoms with E-state index in [9.17, 15) is 61.3 Å². The average Bonchev–Trinajstić information content (AvgIpc) is 3.76. The summed E-state index contributed by atoms with van der Waals surface area (Å²) in [5.74, 6) is 0.610. The molecule has 20 heteroatoms. The number of ether oxygens (including phenoxy) is 8. The van der Waals surface area contributed by atoms with Crippen molar-refractivity contribution in [3.05, 3.63) is 11.6 Å². The summed E-state index contributed by atoms with van der Waals surface area (Å²) in [7, 11) is 1.70. The van der Waals surface area contributed by atoms with Gasteiger partial charge in [0.1, 0.15) is 73.2 Å². The second kappa shape index (κ2) is 19.9. The van der Waals surface area contributed by atoms with E-state index in [-0.39, 0.29) is 41.3 Å². The lowest BCUT2D eigenvalue weighted by Crippen LogP contribution is -2.65. The molecule has 0 bridgehead atoms. The Morgan fingerprint density at radius 2 is 1.33 bits per heavy atom. The van der Waals surface area contributed by atoms with Gasteiger partial charge in [-0.2, -0.15) is 0 Å². The second-order valence-electron chi connectivity index (χ2n) is 21.4. The molecule has 27 atom stereocenters. The summed E-state index contributed by atoms with van der Waals surface area (Å²) in [6, 6.07) is 0. The molecule has 7 fully saturated rings. The van der Waals surface area contributed by atoms with E-state index in [2.05, 4.69) is 26.8 Å². The lowest BCUT2D eigenvalue weighted by atomic mass is 9.46. The van der Waals surface area contributed by atoms with Crippen LogP contribution in [0.5, 0.6) is 0 Å². The SMILES string of the molecule is CO[C@]1(CCC(C)CO[C@@H]2O[C@H](CO)[C@@H](O)[C@H](O)[C@H]2O)O[C@H]2C[C@H]3[C@@H]4CC=C5C[C@@H](O[C@@H]6O[C@H](CO)[C@H](O[C@@H]7O[C@H](CO)[C@@H](O)[C@H](O)[C@H]7O)[C@H](O)[C@H]6O)[C@H](O)C[C@]5(C)[C@H]4CC[C@]3(C)[C@H]2[C@@H]1C. The minimum absolute atomic E-state index is 0.00335. The molecule has 4 saturated heterocycles. The van der Waals surface area contributed by atoms with Gasteiger partial charge in [-0.25, -0.2) is 0 Å². The van der Waals surface area contributed by atoms with Gasteiger partial charge in [-0.1, -0.05) is 39.3 Å². The van der Waals surface area contributed by atoms with Gasteiger partial charge < -0.3 is 99.2 Å². The fourth-order valence-corrected chi connectivity index (χ4v) is 14.0. The number of aliphatic hydroxyl groups is 12. The first-order chi connectivity index (χ1) is 31.3. The summed E-state index contributed by atoms with van der Waals surface area (Å²) >= 11 is 0. The van der Waals surface area contributed by atoms with Crippen LogP contribution < -0.4 is 0 Å². The van der Waals surface area contributed by atoms with Crippen LogP contribution in [0.15, 0.2) is 11.6 Å². The first-order valence-corrected chi connectivity index (χ1v) is 24.0. The maximum atomic E-state index is 11.8. The summed E-state index contributed by atoms with van der Waals surface area (Å²) in [5, 5.41) is 125. The van der Waals surface area contributed by atoms with Gasteiger partial charge in [-0.15, -0.1) is 0 Å². The predicted molar refractivity (Wildman–Crippen MR) is 225 cm³/mol. The Morgan fingerprint density at radius 1 is 0.742 bits per heavy atom. The van der Waals surface area contributed by atoms with Crippen molar-refractivity contribution in [2.45, 2.75) is 195 Å². The van der Waals surface area contributed by atoms with Crippen LogP contribution in [0.4, 0.5) is 0 Å². The van der Waals surface area contributed by atoms with E-state index in [4.69, 9.17) is 37.9 Å². The lowest BCUT2D eigenvalue weighted by molar-refractivity contribution is -0.365. The van der Waals surface area contributed by atoms with E-state index < -0.39 is 130 Å². The van der Waals surface area contributed by atoms with E-state index in [0.717, 1.165) is 25.7 Å². The number of methoxy groups -OCH3 is 1. The van der Waals surface area contributed by atoms with Crippen molar-refractivity contribution in [1.29, 1.82) is 0 Å². The number of fused-ring (bicyclic) bond motifs is 7. The van der Waals surface area contributed by atoms with Crippen LogP contribution in [0.2, 0.25) is 0 Å². The maximum absolute atomic E-state index is 11.8. The summed E-state index contributed by atoms with van der Waals surface area (Å²) in [5.41, 5.74) is 0.843. The molecule has 380 valence electrons. The topological polar surface area (TPSA) is 317 Å². The molecular formula is C46H76O20. The highest BCUT2D eigenvalue weighted by molar-refractivity contribution is 5.27. The number of rotatable bonds is 14. The van der Waals surface area contributed by atoms with Crippen molar-refractivity contribution in [3.63, 3.8) is 0 Å². The van der Waals surface area contributed by atoms with Crippen molar-refractivity contribution in [2.24, 2.45) is 46.3 Å². The molecule has 0 aromatic heterocycles. The van der Waals surface area contributed by atoms with Gasteiger partial charge in [0.15, 0.2) is 24.7 Å². The van der Waals surface area contributed by atoms with Crippen LogP contribution in [0.1, 0.15) is 79.1 Å². The molecule has 0 aromatic carbocycles. The Balaban J connectivity index is 0.878. The van der Waals surface area contributed by atoms with Crippen molar-refractivity contribution in [2.75, 3.05) is 33.5 Å². The van der Waals surface area contributed by atoms with Crippen LogP contribution in [0, 0.1) is 46.3 Å². The minimum atomic E-state index is -1.79. The van der Waals surface area contributed by atoms with E-state index in [1.165, 1.54) is 5.57 Å². The highest BCUT2D eigenvalue weighted by atomic mass is 16.7. The van der Waals surface area contributed by atoms with Gasteiger partial charge in [0.05, 0.1) is 44.7 Å². The fourth-order valence-electron chi connectivity index (χ4n) is 14.0. The summed E-state index contributed by atoms with van der Waals surface area (Å²) < 4.78 is 47.9. The molecule has 66 heavy (non-hydrogen) atoms. The standard InChI is InChI=1S/C46H76O20/c1-19(18-60-41-37(56)34(53)32(51)28(15-47)62-41)8-11-46(59-5)20(2)31-27(66-46)13-24-22-7-6-21-12-26(25(50)14-45(21,4)23(22)9-10-44(24,31)3)61-42-39(58)36(55)40(30(17-49)64-42)65-43-38(57)35(54)33(52)29(16-48)63-43/h6,19-20,22-43,47-58H,7-18H2,1-5H3/t19?,20-,22+,23-,24-,25+,26+,27-,28+,29+,30+,31-,32+,33+,34-,35-,36+,37+,38+,39+,40-,41+,42+,43-,44-,45-,46+/m0/s1. The Kier molecular flexibility index (Phi) is 15.4. The number of hydrogen-bond acceptors (Lipinski definition) is 20. The third kappa shape index (κ3) is 8.77. The fraction of sp³-hybridized carbons (Fsp3) is 0.957. The van der Waals surface area contributed by atoms with E-state index in [0.29, 0.717) is 43.4 Å². The smallest absolute Gasteiger partial charge is 0.187 e. The normalized spacial score (nSPS) is 54.2. The molecular weight excluding hydrogens is 872 g/mol. The summed E-state index contributed by atoms with van der Waals surface area (Å²) in [4.78, 5) is 0. The van der Waals surface area contributed by atoms with Crippen LogP contribution in [-0.2, 0) is 37.9 Å². The molecule has 4 aliphatic heterocycles. The Morgan fingerprint density at radius 3 is 1.97 bits per heavy atom. The summed E-state index contributed by atoms with van der Waals surface area (Å²) in [6.45, 7) is 7.19. The molecule has 0 radical (unpaired) electrons. The molecule has 0 amide bonds. The Hall–Kier alpha value is -1.06. The van der Waals surface area contributed by atoms with Crippen LogP contribution in [-0.4, -0.2) is 211 Å². The molecule has 0 aromatic rings. The van der Waals surface area contributed by atoms with Crippen molar-refractivity contribution in [3.8, 4) is 0 Å². The molecule has 4 aliphatic carbocycles. The predicted octanol–water partition coefficient (Wildman–Crippen LogP) is -2.23. The quantitative estimate of drug-likeness (QED) is 0.0820. The number of aliphatic hydroxyl groups excluding tert-OH is 12. The van der Waals surface area contributed by atoms with Gasteiger partial charge in [-0.05, 0) is 85.4 Å². The Labute approximate surface area is 385 Å². The van der Waals surface area contributed by atoms with Gasteiger partial charge in [0.25, 0.3) is 0 Å². The monoisotopic (exact) mass is 948 g/mol. The minimum Gasteiger partial charge on any atom is -0.394 e. The van der Waals surface area contributed by atoms with Crippen molar-refractivity contribution in [1.82, 2.24) is 0 Å². The molecule has 20 nitrogen and oxygen atoms in total. The van der Waals surface area contributed by atoms with E-state index in [1.807, 2.05) is 6.92 Å². The molecule has 0 spiro atoms. The van der Waals surface area contributed by atoms with E-state index in [1.54, 1.807) is 7.11 Å². The van der Waals surface area contributed by atoms with Crippen molar-refractivity contribution < 1.29 is 99.2 Å². The zero-order valence-electron chi connectivity index (χ0n) is 38.6. The highest BCUT2D eigenvalue weighted by Gasteiger charge is 2.68. The molecule has 4 heterocycles. The van der Waals surface area contributed by atoms with Crippen LogP contribution in [0.3, 0.4) is 0 Å². The van der Waals surface area contributed by atoms with Gasteiger partial charge >= 0.3 is 0 Å². The molecule has 3 saturated carbocycles. The zero-order chi connectivity index (χ0) is 47.8. The average molecular weight is 949 g/mol. The molecule has 1 unspecified atom stereocenters. The first kappa shape index (κ1) is 51.3. The van der Waals surface area contributed by atoms with Crippen LogP contribution >= 0.6 is 0 Å².